The van der Waals surface area contributed by atoms with E-state index in [0.29, 0.717) is 28.0 Å². The van der Waals surface area contributed by atoms with Gasteiger partial charge in [-0.25, -0.2) is 9.59 Å². The Balaban J connectivity index is 2.66. The number of hydrogen-bond donors (Lipinski definition) is 0. The summed E-state index contributed by atoms with van der Waals surface area (Å²) in [6.07, 6.45) is 0. The Morgan fingerprint density at radius 3 is 2.24 bits per heavy atom. The zero-order chi connectivity index (χ0) is 16.0. The molecular weight excluding hydrogens is 291 g/mol. The largest absolute Gasteiger partial charge is 0.490 e. The van der Waals surface area contributed by atoms with Crippen molar-refractivity contribution in [1.82, 2.24) is 0 Å². The van der Waals surface area contributed by atoms with Crippen LogP contribution >= 0.6 is 8.46 Å². The van der Waals surface area contributed by atoms with Crippen LogP contribution in [0.15, 0.2) is 24.3 Å². The van der Waals surface area contributed by atoms with Gasteiger partial charge in [-0.15, -0.1) is 0 Å². The Bertz CT molecular complexity index is 569. The van der Waals surface area contributed by atoms with Crippen LogP contribution in [-0.2, 0) is 14.1 Å². The molecule has 1 unspecified atom stereocenters. The fourth-order valence-electron chi connectivity index (χ4n) is 1.83. The maximum absolute atomic E-state index is 11.6. The molecule has 1 aromatic rings. The Morgan fingerprint density at radius 1 is 1.19 bits per heavy atom. The Kier molecular flexibility index (Phi) is 6.25. The summed E-state index contributed by atoms with van der Waals surface area (Å²) in [5.74, 6) is 0.116. The highest BCUT2D eigenvalue weighted by Crippen LogP contribution is 2.24. The number of carbonyl (C=O) groups excluding carboxylic acids is 2. The summed E-state index contributed by atoms with van der Waals surface area (Å²) < 4.78 is 21.1. The summed E-state index contributed by atoms with van der Waals surface area (Å²) in [6.45, 7) is 8.89. The SMILES string of the molecule is C=C(C)C(=O)OCCOc1cc(C)c(C(=O)[PH+]=O)c(C)c1. The van der Waals surface area contributed by atoms with Gasteiger partial charge in [0, 0.05) is 5.57 Å². The predicted molar refractivity (Wildman–Crippen MR) is 80.5 cm³/mol. The lowest BCUT2D eigenvalue weighted by atomic mass is 10.0. The molecule has 112 valence electrons. The monoisotopic (exact) mass is 309 g/mol. The van der Waals surface area contributed by atoms with E-state index in [-0.39, 0.29) is 13.2 Å². The molecule has 0 aromatic heterocycles. The molecule has 0 radical (unpaired) electrons. The fraction of sp³-hybridized carbons (Fsp3) is 0.333. The zero-order valence-corrected chi connectivity index (χ0v) is 13.3. The number of hydrogen-bond acceptors (Lipinski definition) is 5. The fourth-order valence-corrected chi connectivity index (χ4v) is 2.33. The topological polar surface area (TPSA) is 69.7 Å². The molecular formula is C15H18O5P+. The van der Waals surface area contributed by atoms with E-state index in [4.69, 9.17) is 9.47 Å². The summed E-state index contributed by atoms with van der Waals surface area (Å²) in [7, 11) is -1.00. The van der Waals surface area contributed by atoms with E-state index < -0.39 is 20.0 Å². The smallest absolute Gasteiger partial charge is 0.406 e. The average Bonchev–Trinajstić information content (AvgIpc) is 2.42. The van der Waals surface area contributed by atoms with Crippen LogP contribution < -0.4 is 4.74 Å². The van der Waals surface area contributed by atoms with Crippen molar-refractivity contribution in [3.05, 3.63) is 41.0 Å². The molecule has 0 saturated heterocycles. The maximum Gasteiger partial charge on any atom is 0.406 e. The lowest BCUT2D eigenvalue weighted by molar-refractivity contribution is -0.139. The van der Waals surface area contributed by atoms with Crippen LogP contribution in [0.1, 0.15) is 28.4 Å². The van der Waals surface area contributed by atoms with Crippen molar-refractivity contribution in [2.24, 2.45) is 0 Å². The van der Waals surface area contributed by atoms with Crippen LogP contribution in [0, 0.1) is 13.8 Å². The average molecular weight is 309 g/mol. The molecule has 0 fully saturated rings. The highest BCUT2D eigenvalue weighted by molar-refractivity contribution is 7.47. The third kappa shape index (κ3) is 4.80. The predicted octanol–water partition coefficient (Wildman–Crippen LogP) is 2.97. The van der Waals surface area contributed by atoms with E-state index >= 15 is 0 Å². The second-order valence-electron chi connectivity index (χ2n) is 4.63. The van der Waals surface area contributed by atoms with Gasteiger partial charge in [-0.1, -0.05) is 11.1 Å². The van der Waals surface area contributed by atoms with Gasteiger partial charge >= 0.3 is 20.0 Å². The molecule has 1 aromatic carbocycles. The molecule has 6 heteroatoms. The molecule has 0 amide bonds. The molecule has 0 spiro atoms. The Morgan fingerprint density at radius 2 is 1.76 bits per heavy atom. The van der Waals surface area contributed by atoms with Gasteiger partial charge in [0.05, 0.1) is 5.56 Å². The minimum absolute atomic E-state index is 0.117. The van der Waals surface area contributed by atoms with Crippen molar-refractivity contribution in [2.75, 3.05) is 13.2 Å². The number of esters is 1. The Labute approximate surface area is 125 Å². The Hall–Kier alpha value is -2.00. The van der Waals surface area contributed by atoms with Crippen LogP contribution in [0.5, 0.6) is 5.75 Å². The van der Waals surface area contributed by atoms with E-state index in [1.54, 1.807) is 32.9 Å². The highest BCUT2D eigenvalue weighted by Gasteiger charge is 2.19. The molecule has 0 aliphatic heterocycles. The minimum Gasteiger partial charge on any atom is -0.490 e. The van der Waals surface area contributed by atoms with Crippen molar-refractivity contribution in [3.8, 4) is 5.75 Å². The van der Waals surface area contributed by atoms with Crippen molar-refractivity contribution in [1.29, 1.82) is 0 Å². The van der Waals surface area contributed by atoms with E-state index in [2.05, 4.69) is 6.58 Å². The molecule has 0 aliphatic rings. The third-order valence-corrected chi connectivity index (χ3v) is 3.20. The van der Waals surface area contributed by atoms with E-state index in [1.165, 1.54) is 0 Å². The summed E-state index contributed by atoms with van der Waals surface area (Å²) in [5, 5.41) is 0. The number of rotatable bonds is 7. The number of carbonyl (C=O) groups is 2. The summed E-state index contributed by atoms with van der Waals surface area (Å²) >= 11 is 0. The zero-order valence-electron chi connectivity index (χ0n) is 12.3. The van der Waals surface area contributed by atoms with Crippen LogP contribution in [-0.4, -0.2) is 24.7 Å². The molecule has 0 saturated carbocycles. The molecule has 0 bridgehead atoms. The van der Waals surface area contributed by atoms with Crippen molar-refractivity contribution >= 4 is 20.0 Å². The first-order valence-electron chi connectivity index (χ1n) is 6.36. The molecule has 21 heavy (non-hydrogen) atoms. The van der Waals surface area contributed by atoms with Crippen molar-refractivity contribution in [3.63, 3.8) is 0 Å². The third-order valence-electron chi connectivity index (χ3n) is 2.76. The second-order valence-corrected chi connectivity index (χ2v) is 5.29. The molecule has 0 aliphatic carbocycles. The van der Waals surface area contributed by atoms with Crippen LogP contribution in [0.3, 0.4) is 0 Å². The normalized spacial score (nSPS) is 10.2. The summed E-state index contributed by atoms with van der Waals surface area (Å²) in [5.41, 5.74) is 1.81. The molecule has 0 N–H and O–H groups in total. The van der Waals surface area contributed by atoms with Gasteiger partial charge in [0.25, 0.3) is 0 Å². The van der Waals surface area contributed by atoms with Crippen LogP contribution in [0.2, 0.25) is 0 Å². The van der Waals surface area contributed by atoms with Crippen molar-refractivity contribution < 1.29 is 23.6 Å². The van der Waals surface area contributed by atoms with E-state index in [9.17, 15) is 14.2 Å². The van der Waals surface area contributed by atoms with Crippen LogP contribution in [0.25, 0.3) is 0 Å². The van der Waals surface area contributed by atoms with Gasteiger partial charge in [0.15, 0.2) is 0 Å². The lowest BCUT2D eigenvalue weighted by Crippen LogP contribution is -2.12. The first-order valence-corrected chi connectivity index (χ1v) is 7.26. The maximum atomic E-state index is 11.6. The molecule has 5 nitrogen and oxygen atoms in total. The van der Waals surface area contributed by atoms with E-state index in [0.717, 1.165) is 0 Å². The van der Waals surface area contributed by atoms with Crippen molar-refractivity contribution in [2.45, 2.75) is 20.8 Å². The minimum atomic E-state index is -1.00. The van der Waals surface area contributed by atoms with Gasteiger partial charge in [-0.3, -0.25) is 0 Å². The highest BCUT2D eigenvalue weighted by atomic mass is 31.1. The molecule has 1 rings (SSSR count). The van der Waals surface area contributed by atoms with E-state index in [1.807, 2.05) is 0 Å². The first-order chi connectivity index (χ1) is 9.86. The summed E-state index contributed by atoms with van der Waals surface area (Å²) in [4.78, 5) is 22.7. The summed E-state index contributed by atoms with van der Waals surface area (Å²) in [6, 6.07) is 3.39. The van der Waals surface area contributed by atoms with Gasteiger partial charge < -0.3 is 9.47 Å². The quantitative estimate of drug-likeness (QED) is 0.335. The first kappa shape index (κ1) is 17.1. The van der Waals surface area contributed by atoms with Gasteiger partial charge in [-0.05, 0) is 44.0 Å². The second kappa shape index (κ2) is 7.70. The van der Waals surface area contributed by atoms with Gasteiger partial charge in [0.1, 0.15) is 19.0 Å². The van der Waals surface area contributed by atoms with Gasteiger partial charge in [-0.2, -0.15) is 0 Å². The lowest BCUT2D eigenvalue weighted by Gasteiger charge is -2.10. The van der Waals surface area contributed by atoms with Crippen LogP contribution in [0.4, 0.5) is 0 Å². The molecule has 1 atom stereocenters. The molecule has 0 heterocycles. The number of benzene rings is 1. The van der Waals surface area contributed by atoms with Gasteiger partial charge in [0.2, 0.25) is 0 Å². The standard InChI is InChI=1S/C15H17O5P/c1-9(2)14(16)20-6-5-19-12-7-10(3)13(11(4)8-12)15(17)21-18/h7-8H,1,5-6H2,2-4H3/p+1. The number of ether oxygens (including phenoxy) is 2. The number of aryl methyl sites for hydroxylation is 2.